The number of rotatable bonds is 8. The maximum Gasteiger partial charge on any atom is 0.248 e. The fourth-order valence-electron chi connectivity index (χ4n) is 1.06. The molecule has 1 heterocycles. The summed E-state index contributed by atoms with van der Waals surface area (Å²) in [6, 6.07) is 0. The Morgan fingerprint density at radius 2 is 2.25 bits per heavy atom. The number of nitrogens with zero attached hydrogens (tertiary/aromatic N) is 4. The third kappa shape index (κ3) is 4.84. The zero-order chi connectivity index (χ0) is 11.8. The van der Waals surface area contributed by atoms with Gasteiger partial charge in [-0.25, -0.2) is 13.5 Å². The van der Waals surface area contributed by atoms with E-state index < -0.39 is 6.43 Å². The van der Waals surface area contributed by atoms with E-state index in [4.69, 9.17) is 0 Å². The second-order valence-corrected chi connectivity index (χ2v) is 4.12. The lowest BCUT2D eigenvalue weighted by molar-refractivity contribution is 0.176. The Bertz CT molecular complexity index is 294. The molecule has 1 aromatic rings. The SMILES string of the molecule is CCCNCCn1nnnc1SCC(F)F. The zero-order valence-electron chi connectivity index (χ0n) is 9.07. The minimum Gasteiger partial charge on any atom is -0.315 e. The number of tetrazole rings is 1. The van der Waals surface area contributed by atoms with Gasteiger partial charge in [0.25, 0.3) is 0 Å². The van der Waals surface area contributed by atoms with Crippen molar-refractivity contribution in [2.24, 2.45) is 0 Å². The number of halogens is 2. The summed E-state index contributed by atoms with van der Waals surface area (Å²) in [6.07, 6.45) is -1.28. The van der Waals surface area contributed by atoms with E-state index in [-0.39, 0.29) is 5.75 Å². The molecule has 0 radical (unpaired) electrons. The maximum absolute atomic E-state index is 12.0. The molecule has 8 heteroatoms. The largest absolute Gasteiger partial charge is 0.315 e. The van der Waals surface area contributed by atoms with Crippen molar-refractivity contribution in [3.63, 3.8) is 0 Å². The topological polar surface area (TPSA) is 55.6 Å². The highest BCUT2D eigenvalue weighted by atomic mass is 32.2. The lowest BCUT2D eigenvalue weighted by atomic mass is 10.5. The van der Waals surface area contributed by atoms with Crippen LogP contribution < -0.4 is 5.32 Å². The van der Waals surface area contributed by atoms with Crippen LogP contribution in [0.25, 0.3) is 0 Å². The molecule has 0 aliphatic heterocycles. The molecule has 5 nitrogen and oxygen atoms in total. The molecule has 0 saturated heterocycles. The van der Waals surface area contributed by atoms with Crippen LogP contribution in [0.2, 0.25) is 0 Å². The van der Waals surface area contributed by atoms with Gasteiger partial charge in [0.2, 0.25) is 11.6 Å². The number of hydrogen-bond donors (Lipinski definition) is 1. The highest BCUT2D eigenvalue weighted by molar-refractivity contribution is 7.99. The minimum absolute atomic E-state index is 0.275. The highest BCUT2D eigenvalue weighted by Gasteiger charge is 2.10. The second-order valence-electron chi connectivity index (χ2n) is 3.14. The molecule has 0 aliphatic carbocycles. The van der Waals surface area contributed by atoms with Crippen LogP contribution in [0.3, 0.4) is 0 Å². The number of nitrogens with one attached hydrogen (secondary N) is 1. The van der Waals surface area contributed by atoms with Crippen molar-refractivity contribution in [2.45, 2.75) is 31.5 Å². The van der Waals surface area contributed by atoms with E-state index in [0.29, 0.717) is 11.7 Å². The summed E-state index contributed by atoms with van der Waals surface area (Å²) >= 11 is 0.975. The van der Waals surface area contributed by atoms with Gasteiger partial charge < -0.3 is 5.32 Å². The summed E-state index contributed by atoms with van der Waals surface area (Å²) in [7, 11) is 0. The summed E-state index contributed by atoms with van der Waals surface area (Å²) in [4.78, 5) is 0. The Hall–Kier alpha value is -0.760. The molecule has 0 spiro atoms. The summed E-state index contributed by atoms with van der Waals surface area (Å²) in [5.74, 6) is -0.275. The average Bonchev–Trinajstić information content (AvgIpc) is 2.69. The van der Waals surface area contributed by atoms with Gasteiger partial charge in [0.15, 0.2) is 0 Å². The van der Waals surface area contributed by atoms with E-state index in [1.165, 1.54) is 4.68 Å². The molecule has 0 bridgehead atoms. The molecule has 0 aliphatic rings. The summed E-state index contributed by atoms with van der Waals surface area (Å²) in [6.45, 7) is 4.34. The maximum atomic E-state index is 12.0. The minimum atomic E-state index is -2.34. The zero-order valence-corrected chi connectivity index (χ0v) is 9.88. The molecule has 0 amide bonds. The third-order valence-corrected chi connectivity index (χ3v) is 2.73. The molecule has 1 N–H and O–H groups in total. The van der Waals surface area contributed by atoms with Crippen molar-refractivity contribution >= 4 is 11.8 Å². The van der Waals surface area contributed by atoms with E-state index in [1.54, 1.807) is 0 Å². The van der Waals surface area contributed by atoms with Gasteiger partial charge in [0.05, 0.1) is 12.3 Å². The molecule has 0 fully saturated rings. The van der Waals surface area contributed by atoms with Crippen LogP contribution in [-0.2, 0) is 6.54 Å². The smallest absolute Gasteiger partial charge is 0.248 e. The van der Waals surface area contributed by atoms with Gasteiger partial charge in [-0.15, -0.1) is 5.10 Å². The molecule has 16 heavy (non-hydrogen) atoms. The molecule has 1 rings (SSSR count). The van der Waals surface area contributed by atoms with E-state index in [9.17, 15) is 8.78 Å². The average molecular weight is 251 g/mol. The Balaban J connectivity index is 2.32. The van der Waals surface area contributed by atoms with Crippen molar-refractivity contribution in [1.29, 1.82) is 0 Å². The van der Waals surface area contributed by atoms with Gasteiger partial charge in [0, 0.05) is 6.54 Å². The third-order valence-electron chi connectivity index (χ3n) is 1.76. The number of thioether (sulfide) groups is 1. The standard InChI is InChI=1S/C8H15F2N5S/c1-2-3-11-4-5-15-8(12-13-14-15)16-6-7(9)10/h7,11H,2-6H2,1H3. The van der Waals surface area contributed by atoms with E-state index in [0.717, 1.165) is 31.3 Å². The van der Waals surface area contributed by atoms with Crippen LogP contribution in [-0.4, -0.2) is 45.5 Å². The fourth-order valence-corrected chi connectivity index (χ4v) is 1.71. The second kappa shape index (κ2) is 7.50. The molecule has 92 valence electrons. The van der Waals surface area contributed by atoms with Crippen molar-refractivity contribution in [1.82, 2.24) is 25.5 Å². The van der Waals surface area contributed by atoms with Gasteiger partial charge in [-0.1, -0.05) is 18.7 Å². The van der Waals surface area contributed by atoms with Gasteiger partial charge in [-0.05, 0) is 23.4 Å². The number of alkyl halides is 2. The van der Waals surface area contributed by atoms with Crippen molar-refractivity contribution < 1.29 is 8.78 Å². The first-order chi connectivity index (χ1) is 7.74. The van der Waals surface area contributed by atoms with Crippen molar-refractivity contribution in [2.75, 3.05) is 18.8 Å². The normalized spacial score (nSPS) is 11.2. The van der Waals surface area contributed by atoms with E-state index >= 15 is 0 Å². The molecule has 1 aromatic heterocycles. The van der Waals surface area contributed by atoms with Crippen LogP contribution in [0, 0.1) is 0 Å². The van der Waals surface area contributed by atoms with Crippen molar-refractivity contribution in [3.05, 3.63) is 0 Å². The van der Waals surface area contributed by atoms with E-state index in [1.807, 2.05) is 0 Å². The van der Waals surface area contributed by atoms with Gasteiger partial charge in [-0.2, -0.15) is 0 Å². The number of aromatic nitrogens is 4. The Labute approximate surface area is 97.0 Å². The van der Waals surface area contributed by atoms with Crippen LogP contribution >= 0.6 is 11.8 Å². The summed E-state index contributed by atoms with van der Waals surface area (Å²) in [5.41, 5.74) is 0. The van der Waals surface area contributed by atoms with Crippen LogP contribution in [0.15, 0.2) is 5.16 Å². The number of hydrogen-bond acceptors (Lipinski definition) is 5. The highest BCUT2D eigenvalue weighted by Crippen LogP contribution is 2.16. The Kier molecular flexibility index (Phi) is 6.24. The molecule has 0 saturated carbocycles. The van der Waals surface area contributed by atoms with E-state index in [2.05, 4.69) is 27.8 Å². The lowest BCUT2D eigenvalue weighted by Crippen LogP contribution is -2.21. The van der Waals surface area contributed by atoms with Crippen molar-refractivity contribution in [3.8, 4) is 0 Å². The lowest BCUT2D eigenvalue weighted by Gasteiger charge is -2.04. The predicted octanol–water partition coefficient (Wildman–Crippen LogP) is 1.03. The first-order valence-electron chi connectivity index (χ1n) is 5.12. The summed E-state index contributed by atoms with van der Waals surface area (Å²) < 4.78 is 25.5. The molecule has 0 atom stereocenters. The summed E-state index contributed by atoms with van der Waals surface area (Å²) in [5, 5.41) is 14.5. The van der Waals surface area contributed by atoms with Gasteiger partial charge >= 0.3 is 0 Å². The Morgan fingerprint density at radius 1 is 1.44 bits per heavy atom. The van der Waals surface area contributed by atoms with Gasteiger partial charge in [-0.3, -0.25) is 0 Å². The molecule has 0 aromatic carbocycles. The first kappa shape index (κ1) is 13.3. The quantitative estimate of drug-likeness (QED) is 0.552. The first-order valence-corrected chi connectivity index (χ1v) is 6.10. The molecular weight excluding hydrogens is 236 g/mol. The van der Waals surface area contributed by atoms with Gasteiger partial charge in [0.1, 0.15) is 0 Å². The molecule has 0 unspecified atom stereocenters. The van der Waals surface area contributed by atoms with Crippen LogP contribution in [0.4, 0.5) is 8.78 Å². The Morgan fingerprint density at radius 3 is 2.94 bits per heavy atom. The fraction of sp³-hybridized carbons (Fsp3) is 0.875. The monoisotopic (exact) mass is 251 g/mol. The van der Waals surface area contributed by atoms with Crippen LogP contribution in [0.5, 0.6) is 0 Å². The molecular formula is C8H15F2N5S. The predicted molar refractivity (Wildman–Crippen MR) is 57.7 cm³/mol. The van der Waals surface area contributed by atoms with Crippen LogP contribution in [0.1, 0.15) is 13.3 Å².